The van der Waals surface area contributed by atoms with Gasteiger partial charge in [-0.25, -0.2) is 8.42 Å². The van der Waals surface area contributed by atoms with Crippen LogP contribution in [0.3, 0.4) is 0 Å². The Kier molecular flexibility index (Phi) is 4.45. The molecule has 0 aliphatic rings. The summed E-state index contributed by atoms with van der Waals surface area (Å²) in [5.41, 5.74) is 0. The average Bonchev–Trinajstić information content (AvgIpc) is 2.00. The molecule has 0 saturated heterocycles. The van der Waals surface area contributed by atoms with Crippen LogP contribution in [0.25, 0.3) is 0 Å². The van der Waals surface area contributed by atoms with Gasteiger partial charge in [-0.05, 0) is 20.9 Å². The van der Waals surface area contributed by atoms with Gasteiger partial charge >= 0.3 is 0 Å². The highest BCUT2D eigenvalue weighted by Crippen LogP contribution is 2.09. The van der Waals surface area contributed by atoms with Gasteiger partial charge < -0.3 is 0 Å². The van der Waals surface area contributed by atoms with Gasteiger partial charge in [-0.1, -0.05) is 5.92 Å². The van der Waals surface area contributed by atoms with E-state index in [1.54, 1.807) is 6.92 Å². The molecule has 0 aromatic heterocycles. The summed E-state index contributed by atoms with van der Waals surface area (Å²) >= 11 is 0. The molecule has 0 amide bonds. The molecule has 0 bridgehead atoms. The second kappa shape index (κ2) is 4.64. The van der Waals surface area contributed by atoms with Crippen LogP contribution >= 0.6 is 0 Å². The maximum Gasteiger partial charge on any atom is 0.151 e. The van der Waals surface area contributed by atoms with Gasteiger partial charge in [0.25, 0.3) is 0 Å². The topological polar surface area (TPSA) is 37.4 Å². The lowest BCUT2D eigenvalue weighted by Gasteiger charge is -2.26. The lowest BCUT2D eigenvalue weighted by molar-refractivity contribution is 0.283. The third-order valence-electron chi connectivity index (χ3n) is 2.39. The van der Waals surface area contributed by atoms with Crippen LogP contribution in [0.1, 0.15) is 13.8 Å². The first-order valence-corrected chi connectivity index (χ1v) is 6.08. The Bertz CT molecular complexity index is 289. The van der Waals surface area contributed by atoms with Gasteiger partial charge in [0.15, 0.2) is 9.84 Å². The van der Waals surface area contributed by atoms with Crippen LogP contribution in [0.15, 0.2) is 0 Å². The van der Waals surface area contributed by atoms with Crippen molar-refractivity contribution in [1.82, 2.24) is 4.90 Å². The summed E-state index contributed by atoms with van der Waals surface area (Å²) in [4.78, 5) is 1.85. The smallest absolute Gasteiger partial charge is 0.151 e. The molecule has 0 radical (unpaired) electrons. The maximum atomic E-state index is 11.2. The van der Waals surface area contributed by atoms with E-state index in [2.05, 4.69) is 5.92 Å². The summed E-state index contributed by atoms with van der Waals surface area (Å²) in [6, 6.07) is -0.0500. The third-order valence-corrected chi connectivity index (χ3v) is 4.14. The fourth-order valence-electron chi connectivity index (χ4n) is 1.00. The standard InChI is InChI=1S/C9H17NO2S/c1-6-7-10(4)8(2)9(3)13(5,11)12/h1,8-9H,7H2,2-5H3/t8-,9+/m0/s1. The minimum Gasteiger partial charge on any atom is -0.291 e. The number of nitrogens with zero attached hydrogens (tertiary/aromatic N) is 1. The van der Waals surface area contributed by atoms with E-state index in [1.165, 1.54) is 6.26 Å². The van der Waals surface area contributed by atoms with Gasteiger partial charge in [-0.2, -0.15) is 0 Å². The quantitative estimate of drug-likeness (QED) is 0.620. The van der Waals surface area contributed by atoms with Gasteiger partial charge in [-0.15, -0.1) is 6.42 Å². The first-order chi connectivity index (χ1) is 5.80. The summed E-state index contributed by atoms with van der Waals surface area (Å²) in [5.74, 6) is 2.49. The molecule has 4 heteroatoms. The second-order valence-corrected chi connectivity index (χ2v) is 5.80. The van der Waals surface area contributed by atoms with Gasteiger partial charge in [-0.3, -0.25) is 4.90 Å². The van der Waals surface area contributed by atoms with E-state index in [0.29, 0.717) is 6.54 Å². The van der Waals surface area contributed by atoms with Crippen molar-refractivity contribution in [2.45, 2.75) is 25.1 Å². The van der Waals surface area contributed by atoms with Crippen molar-refractivity contribution in [3.05, 3.63) is 0 Å². The number of terminal acetylenes is 1. The van der Waals surface area contributed by atoms with Gasteiger partial charge in [0.05, 0.1) is 11.8 Å². The molecule has 0 rings (SSSR count). The number of sulfone groups is 1. The van der Waals surface area contributed by atoms with E-state index in [9.17, 15) is 8.42 Å². The first kappa shape index (κ1) is 12.5. The Hall–Kier alpha value is -0.530. The molecule has 0 N–H and O–H groups in total. The molecule has 0 fully saturated rings. The fraction of sp³-hybridized carbons (Fsp3) is 0.778. The van der Waals surface area contributed by atoms with Crippen LogP contribution in [0.2, 0.25) is 0 Å². The van der Waals surface area contributed by atoms with Crippen molar-refractivity contribution in [3.8, 4) is 12.3 Å². The fourth-order valence-corrected chi connectivity index (χ4v) is 1.93. The van der Waals surface area contributed by atoms with Crippen molar-refractivity contribution < 1.29 is 8.42 Å². The molecular formula is C9H17NO2S. The summed E-state index contributed by atoms with van der Waals surface area (Å²) in [5, 5.41) is -0.383. The Morgan fingerprint density at radius 3 is 2.23 bits per heavy atom. The van der Waals surface area contributed by atoms with Crippen molar-refractivity contribution in [1.29, 1.82) is 0 Å². The minimum absolute atomic E-state index is 0.0500. The molecule has 3 nitrogen and oxygen atoms in total. The minimum atomic E-state index is -2.98. The molecular weight excluding hydrogens is 186 g/mol. The van der Waals surface area contributed by atoms with E-state index in [-0.39, 0.29) is 11.3 Å². The Morgan fingerprint density at radius 1 is 1.46 bits per heavy atom. The van der Waals surface area contributed by atoms with E-state index in [0.717, 1.165) is 0 Å². The molecule has 13 heavy (non-hydrogen) atoms. The molecule has 0 aliphatic heterocycles. The number of rotatable bonds is 4. The van der Waals surface area contributed by atoms with Crippen LogP contribution in [0, 0.1) is 12.3 Å². The Labute approximate surface area is 81.0 Å². The maximum absolute atomic E-state index is 11.2. The van der Waals surface area contributed by atoms with Crippen molar-refractivity contribution >= 4 is 9.84 Å². The van der Waals surface area contributed by atoms with E-state index < -0.39 is 9.84 Å². The lowest BCUT2D eigenvalue weighted by atomic mass is 10.2. The highest BCUT2D eigenvalue weighted by Gasteiger charge is 2.24. The van der Waals surface area contributed by atoms with E-state index in [1.807, 2.05) is 18.9 Å². The molecule has 0 unspecified atom stereocenters. The Balaban J connectivity index is 4.45. The summed E-state index contributed by atoms with van der Waals surface area (Å²) in [6.07, 6.45) is 6.38. The molecule has 0 spiro atoms. The predicted molar refractivity (Wildman–Crippen MR) is 55.2 cm³/mol. The summed E-state index contributed by atoms with van der Waals surface area (Å²) < 4.78 is 22.4. The SMILES string of the molecule is C#CCN(C)[C@@H](C)[C@@H](C)S(C)(=O)=O. The largest absolute Gasteiger partial charge is 0.291 e. The van der Waals surface area contributed by atoms with Gasteiger partial charge in [0.1, 0.15) is 0 Å². The number of hydrogen-bond acceptors (Lipinski definition) is 3. The van der Waals surface area contributed by atoms with Crippen LogP contribution in [-0.4, -0.2) is 44.5 Å². The molecule has 0 aromatic rings. The molecule has 0 heterocycles. The average molecular weight is 203 g/mol. The molecule has 0 aliphatic carbocycles. The number of hydrogen-bond donors (Lipinski definition) is 0. The Morgan fingerprint density at radius 2 is 1.92 bits per heavy atom. The monoisotopic (exact) mass is 203 g/mol. The second-order valence-electron chi connectivity index (χ2n) is 3.39. The van der Waals surface area contributed by atoms with Crippen LogP contribution < -0.4 is 0 Å². The van der Waals surface area contributed by atoms with Crippen molar-refractivity contribution in [3.63, 3.8) is 0 Å². The lowest BCUT2D eigenvalue weighted by Crippen LogP contribution is -2.41. The van der Waals surface area contributed by atoms with E-state index >= 15 is 0 Å². The molecule has 76 valence electrons. The van der Waals surface area contributed by atoms with Crippen LogP contribution in [0.4, 0.5) is 0 Å². The summed E-state index contributed by atoms with van der Waals surface area (Å²) in [6.45, 7) is 4.04. The predicted octanol–water partition coefficient (Wildman–Crippen LogP) is 0.373. The normalized spacial score (nSPS) is 16.6. The highest BCUT2D eigenvalue weighted by molar-refractivity contribution is 7.91. The summed E-state index contributed by atoms with van der Waals surface area (Å²) in [7, 11) is -1.15. The van der Waals surface area contributed by atoms with Crippen molar-refractivity contribution in [2.75, 3.05) is 19.8 Å². The van der Waals surface area contributed by atoms with Crippen LogP contribution in [0.5, 0.6) is 0 Å². The zero-order valence-corrected chi connectivity index (χ0v) is 9.43. The first-order valence-electron chi connectivity index (χ1n) is 4.13. The molecule has 0 aromatic carbocycles. The highest BCUT2D eigenvalue weighted by atomic mass is 32.2. The molecule has 2 atom stereocenters. The van der Waals surface area contributed by atoms with Crippen LogP contribution in [-0.2, 0) is 9.84 Å². The molecule has 0 saturated carbocycles. The third kappa shape index (κ3) is 3.79. The van der Waals surface area contributed by atoms with E-state index in [4.69, 9.17) is 6.42 Å². The zero-order chi connectivity index (χ0) is 10.6. The van der Waals surface area contributed by atoms with Crippen molar-refractivity contribution in [2.24, 2.45) is 0 Å². The van der Waals surface area contributed by atoms with Gasteiger partial charge in [0, 0.05) is 12.3 Å². The van der Waals surface area contributed by atoms with Gasteiger partial charge in [0.2, 0.25) is 0 Å². The zero-order valence-electron chi connectivity index (χ0n) is 8.61.